The lowest BCUT2D eigenvalue weighted by atomic mass is 10.0. The second-order valence-electron chi connectivity index (χ2n) is 7.06. The van der Waals surface area contributed by atoms with Crippen molar-refractivity contribution in [3.8, 4) is 0 Å². The minimum Gasteiger partial charge on any atom is -0.355 e. The Morgan fingerprint density at radius 2 is 1.52 bits per heavy atom. The Morgan fingerprint density at radius 3 is 2.31 bits per heavy atom. The summed E-state index contributed by atoms with van der Waals surface area (Å²) in [6.07, 6.45) is 4.17. The molecule has 1 atom stereocenters. The van der Waals surface area contributed by atoms with Gasteiger partial charge >= 0.3 is 0 Å². The first-order valence-electron chi connectivity index (χ1n) is 10.3. The van der Waals surface area contributed by atoms with E-state index in [0.717, 1.165) is 6.54 Å². The highest BCUT2D eigenvalue weighted by atomic mass is 16.5. The van der Waals surface area contributed by atoms with Gasteiger partial charge in [0.2, 0.25) is 0 Å². The Kier molecular flexibility index (Phi) is 5.92. The summed E-state index contributed by atoms with van der Waals surface area (Å²) in [5.41, 5.74) is 2.38. The van der Waals surface area contributed by atoms with Gasteiger partial charge in [-0.3, -0.25) is 0 Å². The summed E-state index contributed by atoms with van der Waals surface area (Å²) in [5, 5.41) is 5.09. The van der Waals surface area contributed by atoms with Crippen LogP contribution in [0, 0.1) is 0 Å². The Morgan fingerprint density at radius 1 is 0.759 bits per heavy atom. The van der Waals surface area contributed by atoms with Crippen LogP contribution in [0.25, 0.3) is 27.6 Å². The van der Waals surface area contributed by atoms with Gasteiger partial charge in [0.15, 0.2) is 0 Å². The molecule has 0 amide bonds. The van der Waals surface area contributed by atoms with E-state index in [-0.39, 0.29) is 6.23 Å². The zero-order valence-electron chi connectivity index (χ0n) is 17.1. The summed E-state index contributed by atoms with van der Waals surface area (Å²) in [4.78, 5) is 2.33. The van der Waals surface area contributed by atoms with Gasteiger partial charge in [0.05, 0.1) is 0 Å². The van der Waals surface area contributed by atoms with Crippen LogP contribution in [-0.2, 0) is 4.74 Å². The van der Waals surface area contributed by atoms with Crippen molar-refractivity contribution in [1.29, 1.82) is 0 Å². The molecule has 4 rings (SSSR count). The van der Waals surface area contributed by atoms with Crippen molar-refractivity contribution in [2.75, 3.05) is 18.1 Å². The standard InChI is InChI=1S/C27H27NO/c1-3-28(27(29-4-2)20-17-21-11-6-5-7-12-21)26-16-10-15-24-23-14-9-8-13-22(23)18-19-25(24)26/h5-20,27H,3-4H2,1-2H3. The van der Waals surface area contributed by atoms with Gasteiger partial charge in [0.1, 0.15) is 6.23 Å². The highest BCUT2D eigenvalue weighted by Gasteiger charge is 2.17. The summed E-state index contributed by atoms with van der Waals surface area (Å²) < 4.78 is 6.15. The molecular weight excluding hydrogens is 354 g/mol. The van der Waals surface area contributed by atoms with Crippen molar-refractivity contribution >= 4 is 33.3 Å². The third-order valence-electron chi connectivity index (χ3n) is 5.31. The monoisotopic (exact) mass is 381 g/mol. The summed E-state index contributed by atoms with van der Waals surface area (Å²) in [7, 11) is 0. The maximum atomic E-state index is 6.15. The minimum absolute atomic E-state index is 0.123. The van der Waals surface area contributed by atoms with Crippen molar-refractivity contribution in [2.45, 2.75) is 20.1 Å². The number of nitrogens with zero attached hydrogens (tertiary/aromatic N) is 1. The lowest BCUT2D eigenvalue weighted by molar-refractivity contribution is 0.0947. The van der Waals surface area contributed by atoms with Gasteiger partial charge in [-0.15, -0.1) is 0 Å². The quantitative estimate of drug-likeness (QED) is 0.255. The first-order chi connectivity index (χ1) is 14.3. The molecule has 0 fully saturated rings. The molecule has 2 heteroatoms. The molecule has 4 aromatic carbocycles. The molecule has 146 valence electrons. The fourth-order valence-electron chi connectivity index (χ4n) is 3.94. The van der Waals surface area contributed by atoms with Crippen LogP contribution in [-0.4, -0.2) is 19.4 Å². The number of rotatable bonds is 7. The van der Waals surface area contributed by atoms with Gasteiger partial charge in [-0.25, -0.2) is 0 Å². The summed E-state index contributed by atoms with van der Waals surface area (Å²) in [6, 6.07) is 30.0. The Hall–Kier alpha value is -3.10. The van der Waals surface area contributed by atoms with Crippen molar-refractivity contribution in [1.82, 2.24) is 0 Å². The van der Waals surface area contributed by atoms with E-state index in [1.165, 1.54) is 32.8 Å². The molecule has 0 aliphatic rings. The molecular formula is C27H27NO. The Balaban J connectivity index is 1.78. The van der Waals surface area contributed by atoms with Crippen molar-refractivity contribution in [3.05, 3.63) is 96.6 Å². The minimum atomic E-state index is -0.123. The normalized spacial score (nSPS) is 12.6. The number of benzene rings is 4. The number of anilines is 1. The average Bonchev–Trinajstić information content (AvgIpc) is 2.78. The van der Waals surface area contributed by atoms with Crippen LogP contribution in [0.15, 0.2) is 91.0 Å². The first kappa shape index (κ1) is 19.2. The van der Waals surface area contributed by atoms with Crippen LogP contribution >= 0.6 is 0 Å². The third kappa shape index (κ3) is 4.03. The number of likely N-dealkylation sites (N-methyl/N-ethyl adjacent to an activating group) is 1. The number of fused-ring (bicyclic) bond motifs is 3. The van der Waals surface area contributed by atoms with E-state index in [9.17, 15) is 0 Å². The van der Waals surface area contributed by atoms with E-state index in [2.05, 4.69) is 103 Å². The molecule has 0 aliphatic heterocycles. The highest BCUT2D eigenvalue weighted by Crippen LogP contribution is 2.33. The zero-order chi connectivity index (χ0) is 20.1. The number of ether oxygens (including phenoxy) is 1. The van der Waals surface area contributed by atoms with Crippen molar-refractivity contribution in [3.63, 3.8) is 0 Å². The average molecular weight is 382 g/mol. The van der Waals surface area contributed by atoms with Crippen LogP contribution in [0.5, 0.6) is 0 Å². The zero-order valence-corrected chi connectivity index (χ0v) is 17.1. The van der Waals surface area contributed by atoms with Crippen LogP contribution in [0.4, 0.5) is 5.69 Å². The maximum absolute atomic E-state index is 6.15. The van der Waals surface area contributed by atoms with Crippen LogP contribution in [0.3, 0.4) is 0 Å². The number of hydrogen-bond acceptors (Lipinski definition) is 2. The molecule has 1 unspecified atom stereocenters. The largest absolute Gasteiger partial charge is 0.355 e. The first-order valence-corrected chi connectivity index (χ1v) is 10.3. The Labute approximate surface area is 173 Å². The van der Waals surface area contributed by atoms with E-state index >= 15 is 0 Å². The molecule has 0 heterocycles. The van der Waals surface area contributed by atoms with Gasteiger partial charge in [-0.2, -0.15) is 0 Å². The van der Waals surface area contributed by atoms with E-state index < -0.39 is 0 Å². The fourth-order valence-corrected chi connectivity index (χ4v) is 3.94. The van der Waals surface area contributed by atoms with E-state index in [1.807, 2.05) is 13.0 Å². The fraction of sp³-hybridized carbons (Fsp3) is 0.185. The lowest BCUT2D eigenvalue weighted by Gasteiger charge is -2.31. The predicted molar refractivity (Wildman–Crippen MR) is 125 cm³/mol. The van der Waals surface area contributed by atoms with Gasteiger partial charge in [0.25, 0.3) is 0 Å². The highest BCUT2D eigenvalue weighted by molar-refractivity contribution is 6.11. The summed E-state index contributed by atoms with van der Waals surface area (Å²) in [6.45, 7) is 5.75. The Bertz CT molecular complexity index is 1120. The lowest BCUT2D eigenvalue weighted by Crippen LogP contribution is -2.36. The topological polar surface area (TPSA) is 12.5 Å². The SMILES string of the molecule is CCOC(C=Cc1ccccc1)N(CC)c1cccc2c1ccc1ccccc12. The van der Waals surface area contributed by atoms with E-state index in [1.54, 1.807) is 0 Å². The molecule has 29 heavy (non-hydrogen) atoms. The van der Waals surface area contributed by atoms with Crippen molar-refractivity contribution < 1.29 is 4.74 Å². The van der Waals surface area contributed by atoms with Gasteiger partial charge in [0, 0.05) is 24.2 Å². The molecule has 2 nitrogen and oxygen atoms in total. The van der Waals surface area contributed by atoms with Gasteiger partial charge in [-0.05, 0) is 47.7 Å². The second kappa shape index (κ2) is 8.93. The molecule has 0 saturated heterocycles. The molecule has 0 N–H and O–H groups in total. The van der Waals surface area contributed by atoms with Gasteiger partial charge < -0.3 is 9.64 Å². The summed E-state index contributed by atoms with van der Waals surface area (Å²) in [5.74, 6) is 0. The molecule has 4 aromatic rings. The van der Waals surface area contributed by atoms with E-state index in [4.69, 9.17) is 4.74 Å². The molecule has 0 saturated carbocycles. The predicted octanol–water partition coefficient (Wildman–Crippen LogP) is 6.90. The van der Waals surface area contributed by atoms with Crippen LogP contribution < -0.4 is 4.90 Å². The van der Waals surface area contributed by atoms with Crippen molar-refractivity contribution in [2.24, 2.45) is 0 Å². The molecule has 0 aliphatic carbocycles. The van der Waals surface area contributed by atoms with Crippen LogP contribution in [0.2, 0.25) is 0 Å². The third-order valence-corrected chi connectivity index (χ3v) is 5.31. The maximum Gasteiger partial charge on any atom is 0.149 e. The molecule has 0 bridgehead atoms. The number of hydrogen-bond donors (Lipinski definition) is 0. The molecule has 0 aromatic heterocycles. The van der Waals surface area contributed by atoms with Crippen LogP contribution in [0.1, 0.15) is 19.4 Å². The summed E-state index contributed by atoms with van der Waals surface area (Å²) >= 11 is 0. The van der Waals surface area contributed by atoms with E-state index in [0.29, 0.717) is 6.61 Å². The second-order valence-corrected chi connectivity index (χ2v) is 7.06. The molecule has 0 spiro atoms. The van der Waals surface area contributed by atoms with Gasteiger partial charge in [-0.1, -0.05) is 84.9 Å². The smallest absolute Gasteiger partial charge is 0.149 e. The molecule has 0 radical (unpaired) electrons.